The highest BCUT2D eigenvalue weighted by Gasteiger charge is 1.99. The normalized spacial score (nSPS) is 11.3. The first-order valence-electron chi connectivity index (χ1n) is 7.46. The number of ether oxygens (including phenoxy) is 1. The number of rotatable bonds is 9. The zero-order chi connectivity index (χ0) is 14.8. The maximum Gasteiger partial charge on any atom is 0.0813 e. The van der Waals surface area contributed by atoms with Crippen molar-refractivity contribution >= 4 is 17.4 Å². The standard InChI is InChI=1S/C18H23NOS/c1-2-12-19-14-17-10-11-18(21-17)15-20-13-6-9-16-7-4-3-5-8-16/h3-11,19H,2,12-15H2,1H3/b9-6+. The van der Waals surface area contributed by atoms with Crippen LogP contribution < -0.4 is 5.32 Å². The van der Waals surface area contributed by atoms with Gasteiger partial charge >= 0.3 is 0 Å². The molecule has 1 aromatic heterocycles. The molecule has 1 aromatic carbocycles. The van der Waals surface area contributed by atoms with Crippen LogP contribution in [0.5, 0.6) is 0 Å². The van der Waals surface area contributed by atoms with Crippen molar-refractivity contribution in [2.45, 2.75) is 26.5 Å². The topological polar surface area (TPSA) is 21.3 Å². The van der Waals surface area contributed by atoms with Crippen LogP contribution >= 0.6 is 11.3 Å². The largest absolute Gasteiger partial charge is 0.372 e. The van der Waals surface area contributed by atoms with Crippen LogP contribution in [-0.2, 0) is 17.9 Å². The molecule has 2 rings (SSSR count). The zero-order valence-corrected chi connectivity index (χ0v) is 13.4. The smallest absolute Gasteiger partial charge is 0.0813 e. The summed E-state index contributed by atoms with van der Waals surface area (Å²) in [6, 6.07) is 14.6. The summed E-state index contributed by atoms with van der Waals surface area (Å²) < 4.78 is 5.68. The molecule has 0 aliphatic carbocycles. The van der Waals surface area contributed by atoms with E-state index in [9.17, 15) is 0 Å². The van der Waals surface area contributed by atoms with E-state index in [1.165, 1.54) is 21.7 Å². The van der Waals surface area contributed by atoms with Gasteiger partial charge in [0.1, 0.15) is 0 Å². The van der Waals surface area contributed by atoms with E-state index in [4.69, 9.17) is 4.74 Å². The van der Waals surface area contributed by atoms with Crippen LogP contribution in [-0.4, -0.2) is 13.2 Å². The molecule has 2 aromatic rings. The lowest BCUT2D eigenvalue weighted by atomic mass is 10.2. The molecule has 0 spiro atoms. The van der Waals surface area contributed by atoms with Crippen molar-refractivity contribution in [2.24, 2.45) is 0 Å². The Bertz CT molecular complexity index is 533. The Balaban J connectivity index is 1.65. The summed E-state index contributed by atoms with van der Waals surface area (Å²) in [5.41, 5.74) is 1.21. The van der Waals surface area contributed by atoms with Crippen molar-refractivity contribution in [3.05, 3.63) is 63.9 Å². The van der Waals surface area contributed by atoms with Crippen LogP contribution in [0.25, 0.3) is 6.08 Å². The lowest BCUT2D eigenvalue weighted by molar-refractivity contribution is 0.151. The van der Waals surface area contributed by atoms with E-state index in [0.29, 0.717) is 13.2 Å². The Morgan fingerprint density at radius 1 is 1.10 bits per heavy atom. The Kier molecular flexibility index (Phi) is 7.22. The molecular weight excluding hydrogens is 278 g/mol. The average Bonchev–Trinajstić information content (AvgIpc) is 2.96. The quantitative estimate of drug-likeness (QED) is 0.690. The van der Waals surface area contributed by atoms with Crippen LogP contribution in [0.15, 0.2) is 48.5 Å². The van der Waals surface area contributed by atoms with Gasteiger partial charge in [-0.25, -0.2) is 0 Å². The van der Waals surface area contributed by atoms with E-state index < -0.39 is 0 Å². The third-order valence-corrected chi connectivity index (χ3v) is 4.07. The summed E-state index contributed by atoms with van der Waals surface area (Å²) in [7, 11) is 0. The van der Waals surface area contributed by atoms with Crippen molar-refractivity contribution in [2.75, 3.05) is 13.2 Å². The predicted molar refractivity (Wildman–Crippen MR) is 91.4 cm³/mol. The van der Waals surface area contributed by atoms with Crippen LogP contribution in [0.2, 0.25) is 0 Å². The number of thiophene rings is 1. The van der Waals surface area contributed by atoms with E-state index in [1.807, 2.05) is 29.5 Å². The molecule has 0 saturated heterocycles. The summed E-state index contributed by atoms with van der Waals surface area (Å²) in [6.07, 6.45) is 5.33. The van der Waals surface area contributed by atoms with Gasteiger partial charge in [0.25, 0.3) is 0 Å². The van der Waals surface area contributed by atoms with Gasteiger partial charge < -0.3 is 10.1 Å². The first kappa shape index (κ1) is 16.0. The molecule has 0 fully saturated rings. The molecule has 21 heavy (non-hydrogen) atoms. The second-order valence-electron chi connectivity index (χ2n) is 4.87. The average molecular weight is 301 g/mol. The van der Waals surface area contributed by atoms with E-state index in [1.54, 1.807) is 0 Å². The minimum atomic E-state index is 0.649. The first-order chi connectivity index (χ1) is 10.4. The maximum absolute atomic E-state index is 5.68. The van der Waals surface area contributed by atoms with Gasteiger partial charge in [-0.1, -0.05) is 49.4 Å². The van der Waals surface area contributed by atoms with E-state index in [2.05, 4.69) is 48.7 Å². The molecule has 0 radical (unpaired) electrons. The molecule has 0 aliphatic rings. The molecule has 2 nitrogen and oxygen atoms in total. The number of hydrogen-bond acceptors (Lipinski definition) is 3. The fourth-order valence-corrected chi connectivity index (χ4v) is 2.88. The van der Waals surface area contributed by atoms with E-state index >= 15 is 0 Å². The molecule has 0 unspecified atom stereocenters. The molecule has 0 aliphatic heterocycles. The van der Waals surface area contributed by atoms with Crippen LogP contribution in [0, 0.1) is 0 Å². The minimum absolute atomic E-state index is 0.649. The zero-order valence-electron chi connectivity index (χ0n) is 12.5. The van der Waals surface area contributed by atoms with Gasteiger partial charge in [0.05, 0.1) is 13.2 Å². The number of nitrogens with one attached hydrogen (secondary N) is 1. The summed E-state index contributed by atoms with van der Waals surface area (Å²) in [5, 5.41) is 3.42. The Labute approximate surface area is 131 Å². The van der Waals surface area contributed by atoms with Crippen molar-refractivity contribution < 1.29 is 4.74 Å². The van der Waals surface area contributed by atoms with Crippen LogP contribution in [0.4, 0.5) is 0 Å². The Morgan fingerprint density at radius 2 is 1.90 bits per heavy atom. The summed E-state index contributed by atoms with van der Waals surface area (Å²) in [5.74, 6) is 0. The van der Waals surface area contributed by atoms with Gasteiger partial charge in [-0.2, -0.15) is 0 Å². The fourth-order valence-electron chi connectivity index (χ4n) is 1.96. The second-order valence-corrected chi connectivity index (χ2v) is 6.13. The maximum atomic E-state index is 5.68. The van der Waals surface area contributed by atoms with Gasteiger partial charge in [-0.05, 0) is 30.7 Å². The number of hydrogen-bond donors (Lipinski definition) is 1. The SMILES string of the molecule is CCCNCc1ccc(COC/C=C/c2ccccc2)s1. The molecule has 3 heteroatoms. The molecule has 112 valence electrons. The summed E-state index contributed by atoms with van der Waals surface area (Å²) in [6.45, 7) is 5.57. The third-order valence-electron chi connectivity index (χ3n) is 3.01. The fraction of sp³-hybridized carbons (Fsp3) is 0.333. The van der Waals surface area contributed by atoms with E-state index in [0.717, 1.165) is 13.1 Å². The first-order valence-corrected chi connectivity index (χ1v) is 8.28. The molecule has 0 saturated carbocycles. The Hall–Kier alpha value is -1.42. The lowest BCUT2D eigenvalue weighted by Crippen LogP contribution is -2.12. The van der Waals surface area contributed by atoms with Crippen molar-refractivity contribution in [3.8, 4) is 0 Å². The molecule has 0 amide bonds. The molecule has 1 N–H and O–H groups in total. The summed E-state index contributed by atoms with van der Waals surface area (Å²) in [4.78, 5) is 2.67. The molecular formula is C18H23NOS. The minimum Gasteiger partial charge on any atom is -0.372 e. The number of benzene rings is 1. The van der Waals surface area contributed by atoms with Gasteiger partial charge in [-0.15, -0.1) is 11.3 Å². The molecule has 0 atom stereocenters. The van der Waals surface area contributed by atoms with Gasteiger partial charge in [0.2, 0.25) is 0 Å². The predicted octanol–water partition coefficient (Wildman–Crippen LogP) is 4.48. The Morgan fingerprint density at radius 3 is 2.71 bits per heavy atom. The van der Waals surface area contributed by atoms with Gasteiger partial charge in [0, 0.05) is 16.3 Å². The highest BCUT2D eigenvalue weighted by atomic mass is 32.1. The van der Waals surface area contributed by atoms with E-state index in [-0.39, 0.29) is 0 Å². The monoisotopic (exact) mass is 301 g/mol. The van der Waals surface area contributed by atoms with Crippen molar-refractivity contribution in [1.29, 1.82) is 0 Å². The second kappa shape index (κ2) is 9.50. The summed E-state index contributed by atoms with van der Waals surface area (Å²) >= 11 is 1.83. The molecule has 0 bridgehead atoms. The highest BCUT2D eigenvalue weighted by Crippen LogP contribution is 2.17. The third kappa shape index (κ3) is 6.25. The van der Waals surface area contributed by atoms with Crippen molar-refractivity contribution in [3.63, 3.8) is 0 Å². The van der Waals surface area contributed by atoms with Crippen molar-refractivity contribution in [1.82, 2.24) is 5.32 Å². The molecule has 1 heterocycles. The van der Waals surface area contributed by atoms with Gasteiger partial charge in [-0.3, -0.25) is 0 Å². The van der Waals surface area contributed by atoms with Crippen LogP contribution in [0.1, 0.15) is 28.7 Å². The van der Waals surface area contributed by atoms with Gasteiger partial charge in [0.15, 0.2) is 0 Å². The highest BCUT2D eigenvalue weighted by molar-refractivity contribution is 7.11. The lowest BCUT2D eigenvalue weighted by Gasteiger charge is -2.00. The van der Waals surface area contributed by atoms with Crippen LogP contribution in [0.3, 0.4) is 0 Å².